The van der Waals surface area contributed by atoms with Crippen molar-refractivity contribution in [2.75, 3.05) is 7.11 Å². The van der Waals surface area contributed by atoms with E-state index in [4.69, 9.17) is 4.74 Å². The maximum atomic E-state index is 12.1. The number of rotatable bonds is 2. The number of phenolic OH excluding ortho intramolecular Hbond substituents is 1. The Hall–Kier alpha value is -1.51. The van der Waals surface area contributed by atoms with Crippen LogP contribution < -0.4 is 0 Å². The van der Waals surface area contributed by atoms with Gasteiger partial charge in [-0.3, -0.25) is 4.79 Å². The Morgan fingerprint density at radius 3 is 1.94 bits per heavy atom. The van der Waals surface area contributed by atoms with Crippen molar-refractivity contribution < 1.29 is 14.6 Å². The highest BCUT2D eigenvalue weighted by Gasteiger charge is 2.46. The number of carbonyl (C=O) groups is 1. The molecule has 1 aromatic carbocycles. The van der Waals surface area contributed by atoms with E-state index in [0.29, 0.717) is 0 Å². The third-order valence-electron chi connectivity index (χ3n) is 3.54. The Morgan fingerprint density at radius 2 is 1.59 bits per heavy atom. The minimum Gasteiger partial charge on any atom is -0.508 e. The second-order valence-corrected chi connectivity index (χ2v) is 5.41. The summed E-state index contributed by atoms with van der Waals surface area (Å²) < 4.78 is 4.93. The summed E-state index contributed by atoms with van der Waals surface area (Å²) in [6, 6.07) is 6.69. The molecule has 17 heavy (non-hydrogen) atoms. The van der Waals surface area contributed by atoms with Crippen LogP contribution in [0.4, 0.5) is 0 Å². The first-order chi connectivity index (χ1) is 7.73. The van der Waals surface area contributed by atoms with Gasteiger partial charge in [-0.05, 0) is 30.0 Å². The third-order valence-corrected chi connectivity index (χ3v) is 3.54. The molecule has 1 N–H and O–H groups in total. The fourth-order valence-electron chi connectivity index (χ4n) is 1.86. The summed E-state index contributed by atoms with van der Waals surface area (Å²) >= 11 is 0. The Labute approximate surface area is 102 Å². The van der Waals surface area contributed by atoms with E-state index in [0.717, 1.165) is 5.56 Å². The number of hydrogen-bond acceptors (Lipinski definition) is 3. The highest BCUT2D eigenvalue weighted by Crippen LogP contribution is 2.42. The number of carbonyl (C=O) groups excluding carboxylic acids is 1. The molecule has 0 saturated heterocycles. The quantitative estimate of drug-likeness (QED) is 0.803. The second-order valence-electron chi connectivity index (χ2n) is 5.41. The molecule has 1 aromatic rings. The molecule has 0 heterocycles. The van der Waals surface area contributed by atoms with Gasteiger partial charge in [0.1, 0.15) is 5.75 Å². The lowest BCUT2D eigenvalue weighted by Crippen LogP contribution is -2.45. The van der Waals surface area contributed by atoms with Crippen LogP contribution in [0.5, 0.6) is 5.75 Å². The van der Waals surface area contributed by atoms with Crippen molar-refractivity contribution in [2.45, 2.75) is 33.1 Å². The molecular weight excluding hydrogens is 216 g/mol. The predicted octanol–water partition coefficient (Wildman–Crippen LogP) is 2.87. The summed E-state index contributed by atoms with van der Waals surface area (Å²) in [5.74, 6) is -0.0782. The Morgan fingerprint density at radius 1 is 1.12 bits per heavy atom. The lowest BCUT2D eigenvalue weighted by Gasteiger charge is -2.39. The monoisotopic (exact) mass is 236 g/mol. The highest BCUT2D eigenvalue weighted by atomic mass is 16.5. The van der Waals surface area contributed by atoms with E-state index in [1.54, 1.807) is 24.3 Å². The van der Waals surface area contributed by atoms with Crippen molar-refractivity contribution in [3.8, 4) is 5.75 Å². The molecule has 0 aliphatic carbocycles. The highest BCUT2D eigenvalue weighted by molar-refractivity contribution is 5.83. The van der Waals surface area contributed by atoms with E-state index in [9.17, 15) is 9.90 Å². The maximum absolute atomic E-state index is 12.1. The van der Waals surface area contributed by atoms with Crippen LogP contribution in [0.15, 0.2) is 24.3 Å². The van der Waals surface area contributed by atoms with Gasteiger partial charge >= 0.3 is 5.97 Å². The summed E-state index contributed by atoms with van der Waals surface area (Å²) in [7, 11) is 1.40. The molecule has 0 spiro atoms. The molecule has 3 heteroatoms. The first-order valence-electron chi connectivity index (χ1n) is 5.61. The molecule has 0 bridgehead atoms. The molecule has 0 saturated carbocycles. The lowest BCUT2D eigenvalue weighted by molar-refractivity contribution is -0.151. The van der Waals surface area contributed by atoms with Crippen molar-refractivity contribution in [3.05, 3.63) is 29.8 Å². The molecule has 0 aliphatic rings. The van der Waals surface area contributed by atoms with Crippen LogP contribution in [-0.2, 0) is 14.9 Å². The normalized spacial score (nSPS) is 15.1. The average molecular weight is 236 g/mol. The van der Waals surface area contributed by atoms with E-state index < -0.39 is 5.41 Å². The number of esters is 1. The molecule has 0 aromatic heterocycles. The van der Waals surface area contributed by atoms with Crippen molar-refractivity contribution in [1.29, 1.82) is 0 Å². The zero-order valence-corrected chi connectivity index (χ0v) is 11.1. The van der Waals surface area contributed by atoms with Crippen LogP contribution >= 0.6 is 0 Å². The predicted molar refractivity (Wildman–Crippen MR) is 66.9 cm³/mol. The first-order valence-corrected chi connectivity index (χ1v) is 5.61. The lowest BCUT2D eigenvalue weighted by atomic mass is 9.64. The van der Waals surface area contributed by atoms with Crippen LogP contribution in [0.25, 0.3) is 0 Å². The minimum atomic E-state index is -0.741. The number of phenols is 1. The Kier molecular flexibility index (Phi) is 3.51. The third kappa shape index (κ3) is 2.28. The average Bonchev–Trinajstić information content (AvgIpc) is 2.26. The fourth-order valence-corrected chi connectivity index (χ4v) is 1.86. The van der Waals surface area contributed by atoms with Gasteiger partial charge in [0, 0.05) is 0 Å². The van der Waals surface area contributed by atoms with Gasteiger partial charge in [0.05, 0.1) is 12.5 Å². The standard InChI is InChI=1S/C14H20O3/c1-13(2,3)14(4,12(16)17-5)10-6-8-11(15)9-7-10/h6-9,15H,1-5H3. The maximum Gasteiger partial charge on any atom is 0.316 e. The molecule has 94 valence electrons. The van der Waals surface area contributed by atoms with E-state index in [-0.39, 0.29) is 17.1 Å². The summed E-state index contributed by atoms with van der Waals surface area (Å²) in [6.45, 7) is 7.86. The fraction of sp³-hybridized carbons (Fsp3) is 0.500. The van der Waals surface area contributed by atoms with Crippen molar-refractivity contribution in [2.24, 2.45) is 5.41 Å². The summed E-state index contributed by atoms with van der Waals surface area (Å²) in [5.41, 5.74) is -0.179. The van der Waals surface area contributed by atoms with Gasteiger partial charge in [0.15, 0.2) is 0 Å². The van der Waals surface area contributed by atoms with E-state index in [2.05, 4.69) is 0 Å². The van der Waals surface area contributed by atoms with Crippen molar-refractivity contribution >= 4 is 5.97 Å². The summed E-state index contributed by atoms with van der Waals surface area (Å²) in [6.07, 6.45) is 0. The smallest absolute Gasteiger partial charge is 0.316 e. The SMILES string of the molecule is COC(=O)C(C)(c1ccc(O)cc1)C(C)(C)C. The van der Waals surface area contributed by atoms with Gasteiger partial charge in [-0.2, -0.15) is 0 Å². The van der Waals surface area contributed by atoms with Gasteiger partial charge in [0.25, 0.3) is 0 Å². The Bertz CT molecular complexity index is 400. The molecular formula is C14H20O3. The summed E-state index contributed by atoms with van der Waals surface area (Å²) in [5, 5.41) is 9.30. The number of hydrogen-bond donors (Lipinski definition) is 1. The topological polar surface area (TPSA) is 46.5 Å². The molecule has 0 amide bonds. The number of methoxy groups -OCH3 is 1. The van der Waals surface area contributed by atoms with E-state index in [1.165, 1.54) is 7.11 Å². The van der Waals surface area contributed by atoms with Crippen LogP contribution in [-0.4, -0.2) is 18.2 Å². The molecule has 3 nitrogen and oxygen atoms in total. The zero-order chi connectivity index (χ0) is 13.3. The number of aromatic hydroxyl groups is 1. The molecule has 0 radical (unpaired) electrons. The van der Waals surface area contributed by atoms with Gasteiger partial charge in [-0.25, -0.2) is 0 Å². The molecule has 0 fully saturated rings. The van der Waals surface area contributed by atoms with Gasteiger partial charge in [-0.15, -0.1) is 0 Å². The van der Waals surface area contributed by atoms with Crippen LogP contribution in [0.1, 0.15) is 33.3 Å². The van der Waals surface area contributed by atoms with Crippen molar-refractivity contribution in [1.82, 2.24) is 0 Å². The van der Waals surface area contributed by atoms with Gasteiger partial charge < -0.3 is 9.84 Å². The van der Waals surface area contributed by atoms with E-state index in [1.807, 2.05) is 27.7 Å². The molecule has 1 atom stereocenters. The number of ether oxygens (including phenoxy) is 1. The summed E-state index contributed by atoms with van der Waals surface area (Å²) in [4.78, 5) is 12.1. The minimum absolute atomic E-state index is 0.190. The largest absolute Gasteiger partial charge is 0.508 e. The van der Waals surface area contributed by atoms with Gasteiger partial charge in [-0.1, -0.05) is 32.9 Å². The number of benzene rings is 1. The van der Waals surface area contributed by atoms with E-state index >= 15 is 0 Å². The van der Waals surface area contributed by atoms with Gasteiger partial charge in [0.2, 0.25) is 0 Å². The van der Waals surface area contributed by atoms with Crippen LogP contribution in [0.3, 0.4) is 0 Å². The van der Waals surface area contributed by atoms with Crippen LogP contribution in [0, 0.1) is 5.41 Å². The molecule has 1 unspecified atom stereocenters. The van der Waals surface area contributed by atoms with Crippen LogP contribution in [0.2, 0.25) is 0 Å². The zero-order valence-electron chi connectivity index (χ0n) is 11.1. The van der Waals surface area contributed by atoms with Crippen molar-refractivity contribution in [3.63, 3.8) is 0 Å². The first kappa shape index (κ1) is 13.6. The molecule has 1 rings (SSSR count). The second kappa shape index (κ2) is 4.40. The molecule has 0 aliphatic heterocycles. The Balaban J connectivity index is 3.34.